The fourth-order valence-corrected chi connectivity index (χ4v) is 3.54. The van der Waals surface area contributed by atoms with Crippen LogP contribution in [0.1, 0.15) is 25.7 Å². The number of allylic oxidation sites excluding steroid dienone is 5. The molecular weight excluding hydrogens is 254 g/mol. The quantitative estimate of drug-likeness (QED) is 0.770. The van der Waals surface area contributed by atoms with Crippen molar-refractivity contribution in [3.05, 3.63) is 46.1 Å². The molecule has 1 fully saturated rings. The normalized spacial score (nSPS) is 27.1. The summed E-state index contributed by atoms with van der Waals surface area (Å²) in [7, 11) is 1.73. The standard InChI is InChI=1S/C16H19NO3/c1-19-11-3-5-12-13-4-2-10(18)6-15(13)20-16(8-17-9-16)14(12)7-11/h6-7,17-18H,2-5,8-9H2,1H3. The van der Waals surface area contributed by atoms with Crippen molar-refractivity contribution in [1.29, 1.82) is 0 Å². The van der Waals surface area contributed by atoms with Crippen LogP contribution in [-0.4, -0.2) is 30.9 Å². The number of fused-ring (bicyclic) bond motifs is 2. The Morgan fingerprint density at radius 2 is 1.95 bits per heavy atom. The van der Waals surface area contributed by atoms with Crippen LogP contribution >= 0.6 is 0 Å². The molecule has 4 heteroatoms. The van der Waals surface area contributed by atoms with Gasteiger partial charge in [0.05, 0.1) is 18.6 Å². The second kappa shape index (κ2) is 4.16. The maximum absolute atomic E-state index is 9.77. The van der Waals surface area contributed by atoms with E-state index in [1.54, 1.807) is 13.2 Å². The molecule has 0 aromatic heterocycles. The van der Waals surface area contributed by atoms with Gasteiger partial charge in [0, 0.05) is 37.6 Å². The first-order valence-corrected chi connectivity index (χ1v) is 7.23. The molecule has 4 rings (SSSR count). The Kier molecular flexibility index (Phi) is 2.51. The summed E-state index contributed by atoms with van der Waals surface area (Å²) in [6.45, 7) is 1.65. The predicted molar refractivity (Wildman–Crippen MR) is 75.0 cm³/mol. The lowest BCUT2D eigenvalue weighted by Crippen LogP contribution is -2.63. The number of aliphatic hydroxyl groups excluding tert-OH is 1. The van der Waals surface area contributed by atoms with Crippen molar-refractivity contribution in [3.8, 4) is 0 Å². The molecule has 106 valence electrons. The predicted octanol–water partition coefficient (Wildman–Crippen LogP) is 2.47. The van der Waals surface area contributed by atoms with Crippen LogP contribution in [0, 0.1) is 0 Å². The van der Waals surface area contributed by atoms with Gasteiger partial charge in [-0.3, -0.25) is 0 Å². The van der Waals surface area contributed by atoms with Gasteiger partial charge in [-0.1, -0.05) is 0 Å². The lowest BCUT2D eigenvalue weighted by molar-refractivity contribution is -0.00931. The Hall–Kier alpha value is -1.68. The SMILES string of the molecule is COC1=CC2=C(CC1)C1=C(C=C(O)CC1)OC21CNC1. The molecule has 2 aliphatic heterocycles. The summed E-state index contributed by atoms with van der Waals surface area (Å²) in [6.07, 6.45) is 7.51. The lowest BCUT2D eigenvalue weighted by atomic mass is 9.74. The van der Waals surface area contributed by atoms with E-state index in [9.17, 15) is 5.11 Å². The maximum Gasteiger partial charge on any atom is 0.159 e. The van der Waals surface area contributed by atoms with Crippen LogP contribution in [-0.2, 0) is 9.47 Å². The van der Waals surface area contributed by atoms with Crippen molar-refractivity contribution in [1.82, 2.24) is 5.32 Å². The number of rotatable bonds is 1. The van der Waals surface area contributed by atoms with Gasteiger partial charge >= 0.3 is 0 Å². The van der Waals surface area contributed by atoms with Crippen molar-refractivity contribution in [2.45, 2.75) is 31.3 Å². The van der Waals surface area contributed by atoms with Crippen molar-refractivity contribution in [3.63, 3.8) is 0 Å². The van der Waals surface area contributed by atoms with Crippen LogP contribution in [0.2, 0.25) is 0 Å². The van der Waals surface area contributed by atoms with E-state index in [1.165, 1.54) is 16.7 Å². The lowest BCUT2D eigenvalue weighted by Gasteiger charge is -2.49. The Balaban J connectivity index is 1.85. The molecular formula is C16H19NO3. The minimum absolute atomic E-state index is 0.257. The van der Waals surface area contributed by atoms with Gasteiger partial charge in [0.25, 0.3) is 0 Å². The number of hydrogen-bond acceptors (Lipinski definition) is 4. The Morgan fingerprint density at radius 1 is 1.15 bits per heavy atom. The first kappa shape index (κ1) is 12.1. The van der Waals surface area contributed by atoms with E-state index >= 15 is 0 Å². The van der Waals surface area contributed by atoms with Crippen LogP contribution in [0.15, 0.2) is 46.1 Å². The monoisotopic (exact) mass is 273 g/mol. The van der Waals surface area contributed by atoms with Gasteiger partial charge in [-0.15, -0.1) is 0 Å². The highest BCUT2D eigenvalue weighted by molar-refractivity contribution is 5.56. The summed E-state index contributed by atoms with van der Waals surface area (Å²) in [5.41, 5.74) is 3.72. The summed E-state index contributed by atoms with van der Waals surface area (Å²) in [6, 6.07) is 0. The zero-order valence-corrected chi connectivity index (χ0v) is 11.7. The molecule has 0 aromatic rings. The van der Waals surface area contributed by atoms with Crippen LogP contribution in [0.5, 0.6) is 0 Å². The topological polar surface area (TPSA) is 50.7 Å². The second-order valence-corrected chi connectivity index (χ2v) is 5.89. The minimum Gasteiger partial charge on any atom is -0.512 e. The first-order chi connectivity index (χ1) is 9.72. The number of hydrogen-bond donors (Lipinski definition) is 2. The van der Waals surface area contributed by atoms with Gasteiger partial charge < -0.3 is 19.9 Å². The third-order valence-electron chi connectivity index (χ3n) is 4.72. The van der Waals surface area contributed by atoms with Crippen molar-refractivity contribution in [2.24, 2.45) is 0 Å². The maximum atomic E-state index is 9.77. The molecule has 2 aliphatic carbocycles. The fraction of sp³-hybridized carbons (Fsp3) is 0.500. The fourth-order valence-electron chi connectivity index (χ4n) is 3.54. The molecule has 1 spiro atoms. The number of ether oxygens (including phenoxy) is 2. The Bertz CT molecular complexity index is 591. The Morgan fingerprint density at radius 3 is 2.65 bits per heavy atom. The molecule has 1 saturated heterocycles. The molecule has 2 heterocycles. The average Bonchev–Trinajstić information content (AvgIpc) is 2.43. The molecule has 0 saturated carbocycles. The van der Waals surface area contributed by atoms with Crippen molar-refractivity contribution < 1.29 is 14.6 Å². The van der Waals surface area contributed by atoms with Gasteiger partial charge in [0.15, 0.2) is 5.60 Å². The summed E-state index contributed by atoms with van der Waals surface area (Å²) in [4.78, 5) is 0. The molecule has 20 heavy (non-hydrogen) atoms. The minimum atomic E-state index is -0.257. The van der Waals surface area contributed by atoms with E-state index in [1.807, 2.05) is 0 Å². The molecule has 4 aliphatic rings. The van der Waals surface area contributed by atoms with Crippen LogP contribution in [0.3, 0.4) is 0 Å². The average molecular weight is 273 g/mol. The molecule has 0 bridgehead atoms. The third-order valence-corrected chi connectivity index (χ3v) is 4.72. The van der Waals surface area contributed by atoms with E-state index in [0.717, 1.165) is 43.9 Å². The number of aliphatic hydroxyl groups is 1. The van der Waals surface area contributed by atoms with Gasteiger partial charge in [0.2, 0.25) is 0 Å². The summed E-state index contributed by atoms with van der Waals surface area (Å²) in [5.74, 6) is 2.35. The highest BCUT2D eigenvalue weighted by Crippen LogP contribution is 2.47. The van der Waals surface area contributed by atoms with E-state index < -0.39 is 0 Å². The van der Waals surface area contributed by atoms with E-state index in [-0.39, 0.29) is 5.60 Å². The molecule has 0 unspecified atom stereocenters. The van der Waals surface area contributed by atoms with E-state index in [0.29, 0.717) is 12.2 Å². The van der Waals surface area contributed by atoms with Gasteiger partial charge in [0.1, 0.15) is 5.76 Å². The van der Waals surface area contributed by atoms with E-state index in [2.05, 4.69) is 11.4 Å². The highest BCUT2D eigenvalue weighted by Gasteiger charge is 2.48. The van der Waals surface area contributed by atoms with Gasteiger partial charge in [-0.25, -0.2) is 0 Å². The van der Waals surface area contributed by atoms with Crippen LogP contribution < -0.4 is 5.32 Å². The Labute approximate surface area is 118 Å². The van der Waals surface area contributed by atoms with Crippen molar-refractivity contribution in [2.75, 3.05) is 20.2 Å². The summed E-state index contributed by atoms with van der Waals surface area (Å²) >= 11 is 0. The molecule has 0 radical (unpaired) electrons. The molecule has 0 amide bonds. The van der Waals surface area contributed by atoms with Gasteiger partial charge in [-0.05, 0) is 30.1 Å². The molecule has 2 N–H and O–H groups in total. The number of methoxy groups -OCH3 is 1. The first-order valence-electron chi connectivity index (χ1n) is 7.23. The molecule has 4 nitrogen and oxygen atoms in total. The number of nitrogens with one attached hydrogen (secondary N) is 1. The van der Waals surface area contributed by atoms with Crippen molar-refractivity contribution >= 4 is 0 Å². The zero-order valence-electron chi connectivity index (χ0n) is 11.7. The highest BCUT2D eigenvalue weighted by atomic mass is 16.5. The largest absolute Gasteiger partial charge is 0.512 e. The second-order valence-electron chi connectivity index (χ2n) is 5.89. The smallest absolute Gasteiger partial charge is 0.159 e. The van der Waals surface area contributed by atoms with Gasteiger partial charge in [-0.2, -0.15) is 0 Å². The molecule has 0 aromatic carbocycles. The molecule has 0 atom stereocenters. The van der Waals surface area contributed by atoms with Crippen LogP contribution in [0.25, 0.3) is 0 Å². The van der Waals surface area contributed by atoms with E-state index in [4.69, 9.17) is 9.47 Å². The zero-order chi connectivity index (χ0) is 13.7. The third kappa shape index (κ3) is 1.57. The summed E-state index contributed by atoms with van der Waals surface area (Å²) < 4.78 is 11.7. The summed E-state index contributed by atoms with van der Waals surface area (Å²) in [5, 5.41) is 13.1. The van der Waals surface area contributed by atoms with Crippen LogP contribution in [0.4, 0.5) is 0 Å².